The molecule has 4 nitrogen and oxygen atoms in total. The van der Waals surface area contributed by atoms with Crippen molar-refractivity contribution in [3.8, 4) is 5.75 Å². The molecule has 1 aliphatic rings. The van der Waals surface area contributed by atoms with Gasteiger partial charge >= 0.3 is 0 Å². The summed E-state index contributed by atoms with van der Waals surface area (Å²) in [6, 6.07) is 18.8. The minimum atomic E-state index is -0.752. The molecule has 130 valence electrons. The highest BCUT2D eigenvalue weighted by Gasteiger charge is 2.42. The smallest absolute Gasteiger partial charge is 0.255 e. The first-order valence-corrected chi connectivity index (χ1v) is 8.61. The van der Waals surface area contributed by atoms with Crippen molar-refractivity contribution in [2.45, 2.75) is 25.9 Å². The zero-order valence-corrected chi connectivity index (χ0v) is 14.7. The molecule has 2 heterocycles. The van der Waals surface area contributed by atoms with Crippen LogP contribution in [0.4, 0.5) is 0 Å². The van der Waals surface area contributed by atoms with E-state index in [4.69, 9.17) is 4.74 Å². The minimum Gasteiger partial charge on any atom is -0.481 e. The lowest BCUT2D eigenvalue weighted by atomic mass is 9.85. The van der Waals surface area contributed by atoms with E-state index in [2.05, 4.69) is 4.98 Å². The van der Waals surface area contributed by atoms with Crippen molar-refractivity contribution in [1.82, 2.24) is 4.98 Å². The summed E-state index contributed by atoms with van der Waals surface area (Å²) in [5, 5.41) is 0. The summed E-state index contributed by atoms with van der Waals surface area (Å²) in [5.41, 5.74) is 3.64. The van der Waals surface area contributed by atoms with Crippen LogP contribution in [0.5, 0.6) is 5.75 Å². The van der Waals surface area contributed by atoms with Gasteiger partial charge in [0.05, 0.1) is 11.5 Å². The maximum atomic E-state index is 13.1. The number of carbonyl (C=O) groups excluding carboxylic acids is 1. The number of aromatic nitrogens is 1. The quantitative estimate of drug-likeness (QED) is 0.735. The standard InChI is InChI=1S/C22H19NO3/c1-13-8-10-15(11-9-13)18-19-17(12-14(2)23-22(19)25)26-21(18)20(24)16-6-4-3-5-7-16/h3-12,18,21H,1-2H3,(H,23,25). The van der Waals surface area contributed by atoms with Gasteiger partial charge in [0.15, 0.2) is 6.10 Å². The summed E-state index contributed by atoms with van der Waals surface area (Å²) >= 11 is 0. The first-order chi connectivity index (χ1) is 12.5. The molecule has 0 fully saturated rings. The number of aryl methyl sites for hydroxylation is 2. The maximum absolute atomic E-state index is 13.1. The van der Waals surface area contributed by atoms with E-state index in [1.165, 1.54) is 0 Å². The second kappa shape index (κ2) is 6.30. The molecule has 1 aliphatic heterocycles. The number of pyridine rings is 1. The Morgan fingerprint density at radius 3 is 2.38 bits per heavy atom. The molecular weight excluding hydrogens is 326 g/mol. The number of benzene rings is 2. The average molecular weight is 345 g/mol. The van der Waals surface area contributed by atoms with Crippen molar-refractivity contribution >= 4 is 5.78 Å². The van der Waals surface area contributed by atoms with E-state index in [1.807, 2.05) is 49.4 Å². The summed E-state index contributed by atoms with van der Waals surface area (Å²) in [7, 11) is 0. The van der Waals surface area contributed by atoms with Crippen LogP contribution in [0.15, 0.2) is 65.5 Å². The van der Waals surface area contributed by atoms with Crippen molar-refractivity contribution in [3.63, 3.8) is 0 Å². The molecule has 2 atom stereocenters. The van der Waals surface area contributed by atoms with Crippen LogP contribution in [-0.4, -0.2) is 16.9 Å². The maximum Gasteiger partial charge on any atom is 0.255 e. The number of Topliss-reactive ketones (excluding diaryl/α,β-unsaturated/α-hetero) is 1. The van der Waals surface area contributed by atoms with Crippen molar-refractivity contribution in [2.75, 3.05) is 0 Å². The zero-order valence-electron chi connectivity index (χ0n) is 14.7. The van der Waals surface area contributed by atoms with E-state index in [1.54, 1.807) is 25.1 Å². The normalized spacial score (nSPS) is 18.2. The number of hydrogen-bond acceptors (Lipinski definition) is 3. The van der Waals surface area contributed by atoms with Crippen LogP contribution in [0.3, 0.4) is 0 Å². The lowest BCUT2D eigenvalue weighted by Crippen LogP contribution is -2.31. The number of aromatic amines is 1. The van der Waals surface area contributed by atoms with Crippen LogP contribution in [0, 0.1) is 13.8 Å². The molecule has 0 radical (unpaired) electrons. The molecule has 1 N–H and O–H groups in total. The molecule has 1 aromatic heterocycles. The van der Waals surface area contributed by atoms with Crippen molar-refractivity contribution in [1.29, 1.82) is 0 Å². The molecule has 0 spiro atoms. The number of carbonyl (C=O) groups is 1. The number of ketones is 1. The van der Waals surface area contributed by atoms with E-state index >= 15 is 0 Å². The van der Waals surface area contributed by atoms with Gasteiger partial charge in [-0.15, -0.1) is 0 Å². The van der Waals surface area contributed by atoms with Gasteiger partial charge in [-0.3, -0.25) is 9.59 Å². The number of H-pyrrole nitrogens is 1. The topological polar surface area (TPSA) is 59.2 Å². The number of fused-ring (bicyclic) bond motifs is 1. The van der Waals surface area contributed by atoms with Gasteiger partial charge < -0.3 is 9.72 Å². The van der Waals surface area contributed by atoms with E-state index in [-0.39, 0.29) is 11.3 Å². The van der Waals surface area contributed by atoms with Crippen molar-refractivity contribution in [2.24, 2.45) is 0 Å². The van der Waals surface area contributed by atoms with Gasteiger partial charge in [-0.05, 0) is 25.5 Å². The second-order valence-corrected chi connectivity index (χ2v) is 6.72. The predicted octanol–water partition coefficient (Wildman–Crippen LogP) is 3.77. The molecule has 4 rings (SSSR count). The first kappa shape index (κ1) is 16.3. The fraction of sp³-hybridized carbons (Fsp3) is 0.182. The Kier molecular flexibility index (Phi) is 3.96. The van der Waals surface area contributed by atoms with Crippen molar-refractivity contribution in [3.05, 3.63) is 99.0 Å². The second-order valence-electron chi connectivity index (χ2n) is 6.72. The Morgan fingerprint density at radius 1 is 1.00 bits per heavy atom. The van der Waals surface area contributed by atoms with Crippen LogP contribution in [0.25, 0.3) is 0 Å². The Balaban J connectivity index is 1.86. The molecule has 4 heteroatoms. The predicted molar refractivity (Wildman–Crippen MR) is 100 cm³/mol. The summed E-state index contributed by atoms with van der Waals surface area (Å²) in [6.45, 7) is 3.81. The van der Waals surface area contributed by atoms with E-state index < -0.39 is 12.0 Å². The summed E-state index contributed by atoms with van der Waals surface area (Å²) in [5.74, 6) is -0.0572. The van der Waals surface area contributed by atoms with Gasteiger partial charge in [0.1, 0.15) is 5.75 Å². The third kappa shape index (κ3) is 2.73. The fourth-order valence-electron chi connectivity index (χ4n) is 3.50. The number of ether oxygens (including phenoxy) is 1. The molecule has 0 amide bonds. The molecule has 0 bridgehead atoms. The minimum absolute atomic E-state index is 0.121. The van der Waals surface area contributed by atoms with Crippen molar-refractivity contribution < 1.29 is 9.53 Å². The molecule has 0 saturated carbocycles. The molecule has 2 unspecified atom stereocenters. The molecule has 26 heavy (non-hydrogen) atoms. The zero-order chi connectivity index (χ0) is 18.3. The summed E-state index contributed by atoms with van der Waals surface area (Å²) < 4.78 is 6.01. The Bertz CT molecular complexity index is 1020. The Hall–Kier alpha value is -3.14. The van der Waals surface area contributed by atoms with Crippen LogP contribution in [0.1, 0.15) is 38.7 Å². The van der Waals surface area contributed by atoms with Gasteiger partial charge in [0, 0.05) is 11.3 Å². The summed E-state index contributed by atoms with van der Waals surface area (Å²) in [6.07, 6.45) is -0.752. The SMILES string of the molecule is Cc1ccc(C2c3c(cc(C)[nH]c3=O)OC2C(=O)c2ccccc2)cc1. The largest absolute Gasteiger partial charge is 0.481 e. The number of rotatable bonds is 3. The highest BCUT2D eigenvalue weighted by molar-refractivity contribution is 6.01. The third-order valence-electron chi connectivity index (χ3n) is 4.79. The fourth-order valence-corrected chi connectivity index (χ4v) is 3.50. The monoisotopic (exact) mass is 345 g/mol. The number of hydrogen-bond donors (Lipinski definition) is 1. The van der Waals surface area contributed by atoms with Gasteiger partial charge in [-0.25, -0.2) is 0 Å². The molecule has 0 saturated heterocycles. The summed E-state index contributed by atoms with van der Waals surface area (Å²) in [4.78, 5) is 28.6. The molecule has 0 aliphatic carbocycles. The van der Waals surface area contributed by atoms with Crippen LogP contribution >= 0.6 is 0 Å². The van der Waals surface area contributed by atoms with Crippen LogP contribution in [0.2, 0.25) is 0 Å². The lowest BCUT2D eigenvalue weighted by molar-refractivity contribution is 0.0806. The van der Waals surface area contributed by atoms with Gasteiger partial charge in [0.2, 0.25) is 5.78 Å². The van der Waals surface area contributed by atoms with E-state index in [9.17, 15) is 9.59 Å². The van der Waals surface area contributed by atoms with Crippen LogP contribution in [-0.2, 0) is 0 Å². The number of nitrogens with one attached hydrogen (secondary N) is 1. The van der Waals surface area contributed by atoms with Gasteiger partial charge in [-0.2, -0.15) is 0 Å². The third-order valence-corrected chi connectivity index (χ3v) is 4.79. The molecular formula is C22H19NO3. The van der Waals surface area contributed by atoms with E-state index in [0.717, 1.165) is 11.1 Å². The molecule has 2 aromatic carbocycles. The Labute approximate surface area is 151 Å². The highest BCUT2D eigenvalue weighted by atomic mass is 16.5. The average Bonchev–Trinajstić information content (AvgIpc) is 3.02. The van der Waals surface area contributed by atoms with Gasteiger partial charge in [0.25, 0.3) is 5.56 Å². The van der Waals surface area contributed by atoms with E-state index in [0.29, 0.717) is 22.6 Å². The van der Waals surface area contributed by atoms with Gasteiger partial charge in [-0.1, -0.05) is 60.2 Å². The highest BCUT2D eigenvalue weighted by Crippen LogP contribution is 2.41. The lowest BCUT2D eigenvalue weighted by Gasteiger charge is -2.18. The van der Waals surface area contributed by atoms with Crippen LogP contribution < -0.4 is 10.3 Å². The molecule has 3 aromatic rings. The Morgan fingerprint density at radius 2 is 1.69 bits per heavy atom. The first-order valence-electron chi connectivity index (χ1n) is 8.61.